The van der Waals surface area contributed by atoms with Crippen molar-refractivity contribution >= 4 is 28.9 Å². The number of hydrogen-bond donors (Lipinski definition) is 0. The topological polar surface area (TPSA) is 85.3 Å². The van der Waals surface area contributed by atoms with Gasteiger partial charge in [0.1, 0.15) is 5.78 Å². The third kappa shape index (κ3) is 52.6. The van der Waals surface area contributed by atoms with Crippen LogP contribution < -0.4 is 0 Å². The molecule has 0 amide bonds. The first-order valence-corrected chi connectivity index (χ1v) is 45.8. The number of allylic oxidation sites excluding steroid dienone is 8. The zero-order valence-corrected chi connectivity index (χ0v) is 76.0. The molecule has 3 atom stereocenters. The summed E-state index contributed by atoms with van der Waals surface area (Å²) in [5, 5.41) is 0. The smallest absolute Gasteiger partial charge is 0.159 e. The monoisotopic (exact) mass is 1490 g/mol. The van der Waals surface area contributed by atoms with E-state index in [-0.39, 0.29) is 22.5 Å². The number of ketones is 5. The maximum absolute atomic E-state index is 12.5. The average molecular weight is 1490 g/mol. The van der Waals surface area contributed by atoms with Gasteiger partial charge in [-0.1, -0.05) is 306 Å². The molecule has 0 radical (unpaired) electrons. The molecule has 0 N–H and O–H groups in total. The Hall–Kier alpha value is -4.25. The fourth-order valence-corrected chi connectivity index (χ4v) is 15.1. The highest BCUT2D eigenvalue weighted by Gasteiger charge is 2.40. The van der Waals surface area contributed by atoms with Crippen molar-refractivity contribution in [2.75, 3.05) is 0 Å². The Morgan fingerprint density at radius 1 is 0.402 bits per heavy atom. The molecule has 618 valence electrons. The van der Waals surface area contributed by atoms with Gasteiger partial charge in [0.15, 0.2) is 23.1 Å². The first kappa shape index (κ1) is 107. The molecule has 0 bridgehead atoms. The molecule has 2 aromatic carbocycles. The highest BCUT2D eigenvalue weighted by Crippen LogP contribution is 2.47. The quantitative estimate of drug-likeness (QED) is 0.0616. The van der Waals surface area contributed by atoms with E-state index in [9.17, 15) is 24.0 Å². The maximum atomic E-state index is 12.5. The zero-order valence-electron chi connectivity index (χ0n) is 76.0. The summed E-state index contributed by atoms with van der Waals surface area (Å²) >= 11 is 0. The standard InChI is InChI=1S/2C18H32O.2C18H30.2C12H22O.C6H12O/c1-5-8-11-15-13-18(4,12-9-6-2)14-17(19)16(15)10-7-3;1-5-8-11-15-13-17(19)16(10-7-3)18(4,14-15)12-9-6-2;1-5-8-11-16-13-17(10-7-3)15(4)18(14-16)12-9-6-2;1-4-7-10-16-13-17(11-8-5-2)15-18(14-16)12-9-6-3;1-5-7-9-10(3)12(8-6-2)11(4)13;1-4-6-8-11(3)10-12(13)9-7-5-2;1-3-4-5-6(2)7/h5-14H2,1-4H3;13,16H,5-12,14H2,1-4H3;13-14H,5-12H2,1-4H3;13-15H,4-12H2,1-3H3;5-9H2,1-4H3;10H,4-9H2,1-3H3;3-5H2,1-2H3/b;;;;12-10-;11-10+;. The number of carbonyl (C=O) groups is 5. The summed E-state index contributed by atoms with van der Waals surface area (Å²) in [6.07, 6.45) is 62.5. The Labute approximate surface area is 667 Å². The highest BCUT2D eigenvalue weighted by atomic mass is 16.1. The van der Waals surface area contributed by atoms with Gasteiger partial charge in [-0.25, -0.2) is 0 Å². The second-order valence-corrected chi connectivity index (χ2v) is 33.3. The van der Waals surface area contributed by atoms with Crippen LogP contribution in [0.1, 0.15) is 481 Å². The maximum Gasteiger partial charge on any atom is 0.159 e. The normalized spacial score (nSPS) is 16.4. The van der Waals surface area contributed by atoms with Gasteiger partial charge in [0, 0.05) is 25.2 Å². The predicted octanol–water partition coefficient (Wildman–Crippen LogP) is 32.4. The van der Waals surface area contributed by atoms with Crippen molar-refractivity contribution in [1.29, 1.82) is 0 Å². The predicted molar refractivity (Wildman–Crippen MR) is 477 cm³/mol. The van der Waals surface area contributed by atoms with Crippen molar-refractivity contribution in [3.05, 3.63) is 115 Å². The number of Topliss-reactive ketones (excluding diaryl/α,β-unsaturated/α-hetero) is 3. The fraction of sp³-hybridized carbons (Fsp3) is 0.755. The van der Waals surface area contributed by atoms with Crippen LogP contribution in [0.25, 0.3) is 0 Å². The molecule has 5 nitrogen and oxygen atoms in total. The van der Waals surface area contributed by atoms with Gasteiger partial charge in [0.2, 0.25) is 0 Å². The summed E-state index contributed by atoms with van der Waals surface area (Å²) in [5.74, 6) is 2.01. The van der Waals surface area contributed by atoms with E-state index in [4.69, 9.17) is 0 Å². The Morgan fingerprint density at radius 3 is 1.26 bits per heavy atom. The number of hydrogen-bond acceptors (Lipinski definition) is 5. The van der Waals surface area contributed by atoms with Crippen molar-refractivity contribution in [2.24, 2.45) is 16.7 Å². The second-order valence-electron chi connectivity index (χ2n) is 33.3. The van der Waals surface area contributed by atoms with Crippen LogP contribution in [0.4, 0.5) is 0 Å². The van der Waals surface area contributed by atoms with E-state index >= 15 is 0 Å². The summed E-state index contributed by atoms with van der Waals surface area (Å²) in [6.45, 7) is 52.2. The molecule has 0 spiro atoms. The Kier molecular flexibility index (Phi) is 69.6. The lowest BCUT2D eigenvalue weighted by Crippen LogP contribution is -2.36. The van der Waals surface area contributed by atoms with Crippen LogP contribution >= 0.6 is 0 Å². The largest absolute Gasteiger partial charge is 0.300 e. The molecule has 0 aliphatic heterocycles. The van der Waals surface area contributed by atoms with E-state index in [0.29, 0.717) is 23.1 Å². The lowest BCUT2D eigenvalue weighted by atomic mass is 9.63. The molecular formula is C102H180O5. The number of rotatable bonds is 49. The SMILES string of the molecule is CCCC/C(C)=C(/CCC)C(C)=O.CCCCC(=O)/C=C(\C)CCCC.CCCCC(C)=O.CCCCC1=C(CCC)C(=O)CC(C)(CCCC)C1.CCCCC1=CC(=O)C(CCC)C(C)(CCCC)C1.CCCCc1cc(CCC)c(C)c(CCCC)c1.CCCCc1cc(CCCC)cc(CCCC)c1. The summed E-state index contributed by atoms with van der Waals surface area (Å²) in [6, 6.07) is 12.3. The Morgan fingerprint density at radius 2 is 0.822 bits per heavy atom. The van der Waals surface area contributed by atoms with Gasteiger partial charge >= 0.3 is 0 Å². The van der Waals surface area contributed by atoms with Gasteiger partial charge in [0.25, 0.3) is 0 Å². The average Bonchev–Trinajstić information content (AvgIpc) is 0.803. The molecule has 2 aliphatic carbocycles. The minimum atomic E-state index is 0.223. The molecule has 0 aromatic heterocycles. The van der Waals surface area contributed by atoms with Crippen molar-refractivity contribution in [2.45, 2.75) is 487 Å². The molecule has 0 heterocycles. The molecule has 3 unspecified atom stereocenters. The van der Waals surface area contributed by atoms with Gasteiger partial charge in [-0.05, 0) is 287 Å². The first-order valence-electron chi connectivity index (χ1n) is 45.8. The third-order valence-electron chi connectivity index (χ3n) is 21.9. The van der Waals surface area contributed by atoms with Crippen LogP contribution in [0.2, 0.25) is 0 Å². The van der Waals surface area contributed by atoms with E-state index in [2.05, 4.69) is 183 Å². The lowest BCUT2D eigenvalue weighted by molar-refractivity contribution is -0.124. The molecule has 4 rings (SSSR count). The molecule has 0 saturated heterocycles. The molecule has 107 heavy (non-hydrogen) atoms. The summed E-state index contributed by atoms with van der Waals surface area (Å²) < 4.78 is 0. The van der Waals surface area contributed by atoms with Crippen LogP contribution in [-0.2, 0) is 62.5 Å². The van der Waals surface area contributed by atoms with Gasteiger partial charge in [-0.15, -0.1) is 0 Å². The zero-order chi connectivity index (χ0) is 81.3. The third-order valence-corrected chi connectivity index (χ3v) is 21.9. The van der Waals surface area contributed by atoms with Crippen molar-refractivity contribution in [1.82, 2.24) is 0 Å². The first-order chi connectivity index (χ1) is 51.2. The Bertz CT molecular complexity index is 2670. The van der Waals surface area contributed by atoms with Crippen LogP contribution in [0.15, 0.2) is 75.9 Å². The van der Waals surface area contributed by atoms with E-state index in [1.807, 2.05) is 12.2 Å². The van der Waals surface area contributed by atoms with E-state index < -0.39 is 0 Å². The van der Waals surface area contributed by atoms with Gasteiger partial charge in [-0.3, -0.25) is 19.2 Å². The van der Waals surface area contributed by atoms with Crippen LogP contribution in [-0.4, -0.2) is 28.9 Å². The highest BCUT2D eigenvalue weighted by molar-refractivity contribution is 5.97. The summed E-state index contributed by atoms with van der Waals surface area (Å²) in [5.41, 5.74) is 19.2. The van der Waals surface area contributed by atoms with Crippen molar-refractivity contribution < 1.29 is 24.0 Å². The van der Waals surface area contributed by atoms with Crippen LogP contribution in [0.5, 0.6) is 0 Å². The number of aryl methyl sites for hydroxylation is 6. The van der Waals surface area contributed by atoms with Gasteiger partial charge < -0.3 is 4.79 Å². The van der Waals surface area contributed by atoms with Crippen LogP contribution in [0, 0.1) is 23.7 Å². The van der Waals surface area contributed by atoms with Crippen molar-refractivity contribution in [3.63, 3.8) is 0 Å². The van der Waals surface area contributed by atoms with Crippen molar-refractivity contribution in [3.8, 4) is 0 Å². The number of carbonyl (C=O) groups excluding carboxylic acids is 5. The number of benzene rings is 2. The van der Waals surface area contributed by atoms with Crippen LogP contribution in [0.3, 0.4) is 0 Å². The summed E-state index contributed by atoms with van der Waals surface area (Å²) in [4.78, 5) is 57.7. The van der Waals surface area contributed by atoms with Gasteiger partial charge in [-0.2, -0.15) is 0 Å². The summed E-state index contributed by atoms with van der Waals surface area (Å²) in [7, 11) is 0. The van der Waals surface area contributed by atoms with E-state index in [1.165, 1.54) is 233 Å². The number of unbranched alkanes of at least 4 members (excludes halogenated alkanes) is 13. The molecule has 0 fully saturated rings. The van der Waals surface area contributed by atoms with E-state index in [1.54, 1.807) is 52.8 Å². The Balaban J connectivity index is -0.00000120. The lowest BCUT2D eigenvalue weighted by Gasteiger charge is -2.40. The second kappa shape index (κ2) is 69.7. The molecule has 5 heteroatoms. The minimum absolute atomic E-state index is 0.223. The minimum Gasteiger partial charge on any atom is -0.300 e. The fourth-order valence-electron chi connectivity index (χ4n) is 15.1. The van der Waals surface area contributed by atoms with Gasteiger partial charge in [0.05, 0.1) is 0 Å². The van der Waals surface area contributed by atoms with E-state index in [0.717, 1.165) is 121 Å². The molecule has 2 aromatic rings. The molecule has 2 aliphatic rings. The molecule has 0 saturated carbocycles. The molecular weight excluding hydrogens is 1310 g/mol.